The van der Waals surface area contributed by atoms with Gasteiger partial charge >= 0.3 is 0 Å². The summed E-state index contributed by atoms with van der Waals surface area (Å²) in [5, 5.41) is 2.87. The van der Waals surface area contributed by atoms with E-state index in [2.05, 4.69) is 29.5 Å². The van der Waals surface area contributed by atoms with Crippen molar-refractivity contribution in [2.45, 2.75) is 39.7 Å². The minimum Gasteiger partial charge on any atom is -0.352 e. The molecule has 0 unspecified atom stereocenters. The van der Waals surface area contributed by atoms with Crippen molar-refractivity contribution in [1.29, 1.82) is 0 Å². The lowest BCUT2D eigenvalue weighted by Crippen LogP contribution is -2.26. The van der Waals surface area contributed by atoms with Crippen molar-refractivity contribution in [3.8, 4) is 0 Å². The van der Waals surface area contributed by atoms with Gasteiger partial charge in [-0.2, -0.15) is 0 Å². The van der Waals surface area contributed by atoms with Gasteiger partial charge in [-0.3, -0.25) is 4.79 Å². The highest BCUT2D eigenvalue weighted by Gasteiger charge is 2.10. The number of unbranched alkanes of at least 4 members (excludes halogenated alkanes) is 1. The Balaban J connectivity index is 2.14. The molecule has 0 radical (unpaired) electrons. The first-order valence-electron chi connectivity index (χ1n) is 7.51. The predicted octanol–water partition coefficient (Wildman–Crippen LogP) is 3.07. The molecule has 0 bridgehead atoms. The molecule has 1 N–H and O–H groups in total. The number of carbonyl (C=O) groups excluding carboxylic acids is 1. The molecule has 1 heterocycles. The zero-order valence-electron chi connectivity index (χ0n) is 12.9. The van der Waals surface area contributed by atoms with E-state index in [1.165, 1.54) is 5.52 Å². The van der Waals surface area contributed by atoms with Crippen LogP contribution in [0.4, 0.5) is 0 Å². The van der Waals surface area contributed by atoms with Gasteiger partial charge < -0.3 is 9.88 Å². The summed E-state index contributed by atoms with van der Waals surface area (Å²) in [5.74, 6) is 0.942. The molecule has 0 aliphatic rings. The zero-order chi connectivity index (χ0) is 15.2. The molecule has 0 spiro atoms. The Kier molecular flexibility index (Phi) is 5.14. The summed E-state index contributed by atoms with van der Waals surface area (Å²) < 4.78 is 2.27. The number of aryl methyl sites for hydroxylation is 1. The number of imidazole rings is 1. The summed E-state index contributed by atoms with van der Waals surface area (Å²) in [6.07, 6.45) is 3.02. The molecule has 0 fully saturated rings. The fraction of sp³-hybridized carbons (Fsp3) is 0.412. The van der Waals surface area contributed by atoms with E-state index in [-0.39, 0.29) is 5.91 Å². The molecule has 112 valence electrons. The Hall–Kier alpha value is -2.10. The number of amides is 1. The van der Waals surface area contributed by atoms with Crippen LogP contribution in [0.15, 0.2) is 36.4 Å². The fourth-order valence-electron chi connectivity index (χ4n) is 2.32. The first kappa shape index (κ1) is 15.3. The van der Waals surface area contributed by atoms with E-state index in [9.17, 15) is 4.79 Å². The summed E-state index contributed by atoms with van der Waals surface area (Å²) >= 11 is 0. The SMILES string of the molecule is C=C(C)C(=O)NCCc1nc2ccccc2n1CCCC. The van der Waals surface area contributed by atoms with Gasteiger partial charge in [0.05, 0.1) is 11.0 Å². The predicted molar refractivity (Wildman–Crippen MR) is 86.2 cm³/mol. The molecule has 1 amide bonds. The van der Waals surface area contributed by atoms with Crippen molar-refractivity contribution < 1.29 is 4.79 Å². The lowest BCUT2D eigenvalue weighted by Gasteiger charge is -2.09. The van der Waals surface area contributed by atoms with Gasteiger partial charge in [-0.15, -0.1) is 0 Å². The number of carbonyl (C=O) groups is 1. The van der Waals surface area contributed by atoms with Crippen LogP contribution in [-0.2, 0) is 17.8 Å². The summed E-state index contributed by atoms with van der Waals surface area (Å²) in [6, 6.07) is 8.19. The molecule has 21 heavy (non-hydrogen) atoms. The standard InChI is InChI=1S/C17H23N3O/c1-4-5-12-20-15-9-7-6-8-14(15)19-16(20)10-11-18-17(21)13(2)3/h6-9H,2,4-5,10-12H2,1,3H3,(H,18,21). The van der Waals surface area contributed by atoms with Crippen molar-refractivity contribution in [1.82, 2.24) is 14.9 Å². The van der Waals surface area contributed by atoms with Crippen LogP contribution >= 0.6 is 0 Å². The molecule has 4 heteroatoms. The Morgan fingerprint density at radius 2 is 2.14 bits per heavy atom. The van der Waals surface area contributed by atoms with Crippen LogP contribution in [-0.4, -0.2) is 22.0 Å². The van der Waals surface area contributed by atoms with Crippen molar-refractivity contribution in [2.24, 2.45) is 0 Å². The monoisotopic (exact) mass is 285 g/mol. The van der Waals surface area contributed by atoms with E-state index < -0.39 is 0 Å². The fourth-order valence-corrected chi connectivity index (χ4v) is 2.32. The summed E-state index contributed by atoms with van der Waals surface area (Å²) in [5.41, 5.74) is 2.73. The second-order valence-electron chi connectivity index (χ2n) is 5.31. The third-order valence-electron chi connectivity index (χ3n) is 3.49. The lowest BCUT2D eigenvalue weighted by atomic mass is 10.3. The van der Waals surface area contributed by atoms with Gasteiger partial charge in [0.15, 0.2) is 0 Å². The minimum absolute atomic E-state index is 0.0915. The maximum Gasteiger partial charge on any atom is 0.246 e. The van der Waals surface area contributed by atoms with Crippen LogP contribution < -0.4 is 5.32 Å². The molecular formula is C17H23N3O. The Labute approximate surface area is 125 Å². The summed E-state index contributed by atoms with van der Waals surface area (Å²) in [7, 11) is 0. The average molecular weight is 285 g/mol. The van der Waals surface area contributed by atoms with Crippen molar-refractivity contribution >= 4 is 16.9 Å². The number of hydrogen-bond donors (Lipinski definition) is 1. The number of hydrogen-bond acceptors (Lipinski definition) is 2. The zero-order valence-corrected chi connectivity index (χ0v) is 12.9. The third kappa shape index (κ3) is 3.72. The number of benzene rings is 1. The maximum absolute atomic E-state index is 11.5. The van der Waals surface area contributed by atoms with E-state index in [4.69, 9.17) is 4.98 Å². The number of aromatic nitrogens is 2. The summed E-state index contributed by atoms with van der Waals surface area (Å²) in [4.78, 5) is 16.2. The molecule has 1 aromatic heterocycles. The second-order valence-corrected chi connectivity index (χ2v) is 5.31. The third-order valence-corrected chi connectivity index (χ3v) is 3.49. The highest BCUT2D eigenvalue weighted by atomic mass is 16.1. The molecule has 0 saturated carbocycles. The number of fused-ring (bicyclic) bond motifs is 1. The van der Waals surface area contributed by atoms with Crippen LogP contribution in [0.3, 0.4) is 0 Å². The van der Waals surface area contributed by atoms with Gasteiger partial charge in [0.25, 0.3) is 0 Å². The number of nitrogens with one attached hydrogen (secondary N) is 1. The van der Waals surface area contributed by atoms with Crippen LogP contribution in [0, 0.1) is 0 Å². The molecule has 2 rings (SSSR count). The minimum atomic E-state index is -0.0915. The Morgan fingerprint density at radius 1 is 1.38 bits per heavy atom. The first-order chi connectivity index (χ1) is 10.1. The van der Waals surface area contributed by atoms with Gasteiger partial charge in [0, 0.05) is 25.1 Å². The molecule has 0 aliphatic carbocycles. The molecule has 4 nitrogen and oxygen atoms in total. The largest absolute Gasteiger partial charge is 0.352 e. The van der Waals surface area contributed by atoms with Crippen LogP contribution in [0.2, 0.25) is 0 Å². The normalized spacial score (nSPS) is 10.8. The number of para-hydroxylation sites is 2. The van der Waals surface area contributed by atoms with Gasteiger partial charge in [-0.1, -0.05) is 32.1 Å². The van der Waals surface area contributed by atoms with Gasteiger partial charge in [0.2, 0.25) is 5.91 Å². The second kappa shape index (κ2) is 7.07. The first-order valence-corrected chi connectivity index (χ1v) is 7.51. The molecular weight excluding hydrogens is 262 g/mol. The van der Waals surface area contributed by atoms with Gasteiger partial charge in [0.1, 0.15) is 5.82 Å². The van der Waals surface area contributed by atoms with Crippen molar-refractivity contribution in [2.75, 3.05) is 6.54 Å². The van der Waals surface area contributed by atoms with E-state index >= 15 is 0 Å². The Bertz CT molecular complexity index is 643. The number of rotatable bonds is 7. The van der Waals surface area contributed by atoms with Crippen LogP contribution in [0.5, 0.6) is 0 Å². The van der Waals surface area contributed by atoms with Crippen molar-refractivity contribution in [3.05, 3.63) is 42.2 Å². The molecule has 1 aromatic carbocycles. The van der Waals surface area contributed by atoms with E-state index in [0.29, 0.717) is 12.1 Å². The molecule has 0 aliphatic heterocycles. The van der Waals surface area contributed by atoms with Gasteiger partial charge in [-0.25, -0.2) is 4.98 Å². The van der Waals surface area contributed by atoms with E-state index in [0.717, 1.165) is 37.1 Å². The Morgan fingerprint density at radius 3 is 2.86 bits per heavy atom. The van der Waals surface area contributed by atoms with Crippen LogP contribution in [0.25, 0.3) is 11.0 Å². The average Bonchev–Trinajstić information content (AvgIpc) is 2.82. The quantitative estimate of drug-likeness (QED) is 0.795. The van der Waals surface area contributed by atoms with Gasteiger partial charge in [-0.05, 0) is 25.5 Å². The molecule has 2 aromatic rings. The summed E-state index contributed by atoms with van der Waals surface area (Å²) in [6.45, 7) is 9.10. The van der Waals surface area contributed by atoms with Crippen LogP contribution in [0.1, 0.15) is 32.5 Å². The lowest BCUT2D eigenvalue weighted by molar-refractivity contribution is -0.117. The number of nitrogens with zero attached hydrogens (tertiary/aromatic N) is 2. The van der Waals surface area contributed by atoms with E-state index in [1.807, 2.05) is 18.2 Å². The topological polar surface area (TPSA) is 46.9 Å². The molecule has 0 atom stereocenters. The maximum atomic E-state index is 11.5. The highest BCUT2D eigenvalue weighted by Crippen LogP contribution is 2.17. The van der Waals surface area contributed by atoms with Crippen molar-refractivity contribution in [3.63, 3.8) is 0 Å². The molecule has 0 saturated heterocycles. The highest BCUT2D eigenvalue weighted by molar-refractivity contribution is 5.92. The van der Waals surface area contributed by atoms with E-state index in [1.54, 1.807) is 6.92 Å². The smallest absolute Gasteiger partial charge is 0.246 e.